The Balaban J connectivity index is 1.42. The average molecular weight is 749 g/mol. The number of rotatable bonds is 14. The monoisotopic (exact) mass is 748 g/mol. The largest absolute Gasteiger partial charge is 0.495 e. The van der Waals surface area contributed by atoms with Crippen molar-refractivity contribution in [1.82, 2.24) is 14.9 Å². The Morgan fingerprint density at radius 2 is 1.75 bits per heavy atom. The second kappa shape index (κ2) is 16.2. The Labute approximate surface area is 300 Å². The molecule has 2 aromatic carbocycles. The minimum Gasteiger partial charge on any atom is -0.495 e. The van der Waals surface area contributed by atoms with E-state index in [1.54, 1.807) is 52.1 Å². The van der Waals surface area contributed by atoms with E-state index in [1.165, 1.54) is 12.0 Å². The van der Waals surface area contributed by atoms with Gasteiger partial charge in [0.1, 0.15) is 29.3 Å². The third-order valence-corrected chi connectivity index (χ3v) is 11.0. The summed E-state index contributed by atoms with van der Waals surface area (Å²) in [4.78, 5) is 35.1. The van der Waals surface area contributed by atoms with E-state index in [2.05, 4.69) is 20.6 Å². The van der Waals surface area contributed by atoms with Gasteiger partial charge in [-0.1, -0.05) is 12.1 Å². The molecule has 0 saturated heterocycles. The van der Waals surface area contributed by atoms with Crippen molar-refractivity contribution >= 4 is 42.6 Å². The Morgan fingerprint density at radius 1 is 1.08 bits per heavy atom. The second-order valence-corrected chi connectivity index (χ2v) is 14.8. The van der Waals surface area contributed by atoms with E-state index in [1.807, 2.05) is 6.07 Å². The molecule has 13 nitrogen and oxygen atoms in total. The van der Waals surface area contributed by atoms with E-state index in [0.29, 0.717) is 55.4 Å². The van der Waals surface area contributed by atoms with Crippen molar-refractivity contribution < 1.29 is 45.8 Å². The third kappa shape index (κ3) is 8.85. The summed E-state index contributed by atoms with van der Waals surface area (Å²) in [6.45, 7) is 5.69. The van der Waals surface area contributed by atoms with Crippen molar-refractivity contribution in [2.45, 2.75) is 83.4 Å². The fourth-order valence-electron chi connectivity index (χ4n) is 6.50. The smallest absolute Gasteiger partial charge is 0.421 e. The first-order valence-corrected chi connectivity index (χ1v) is 18.8. The molecule has 1 aliphatic heterocycles. The quantitative estimate of drug-likeness (QED) is 0.112. The second-order valence-electron chi connectivity index (χ2n) is 12.8. The van der Waals surface area contributed by atoms with Crippen LogP contribution in [0.2, 0.25) is 0 Å². The van der Waals surface area contributed by atoms with Crippen LogP contribution in [0.5, 0.6) is 5.75 Å². The molecular formula is C35H44F3N6O7P. The predicted octanol–water partition coefficient (Wildman–Crippen LogP) is 7.26. The molecule has 1 saturated carbocycles. The Morgan fingerprint density at radius 3 is 2.37 bits per heavy atom. The van der Waals surface area contributed by atoms with E-state index in [4.69, 9.17) is 24.3 Å². The van der Waals surface area contributed by atoms with E-state index >= 15 is 0 Å². The first-order valence-electron chi connectivity index (χ1n) is 17.1. The van der Waals surface area contributed by atoms with Crippen LogP contribution in [0.3, 0.4) is 0 Å². The van der Waals surface area contributed by atoms with Crippen molar-refractivity contribution in [2.24, 2.45) is 5.73 Å². The molecule has 3 aromatic rings. The van der Waals surface area contributed by atoms with Gasteiger partial charge in [0.05, 0.1) is 43.4 Å². The first-order chi connectivity index (χ1) is 24.7. The number of methoxy groups -OCH3 is 1. The van der Waals surface area contributed by atoms with Gasteiger partial charge >= 0.3 is 19.7 Å². The summed E-state index contributed by atoms with van der Waals surface area (Å²) >= 11 is 0. The van der Waals surface area contributed by atoms with Gasteiger partial charge in [0.25, 0.3) is 5.91 Å². The summed E-state index contributed by atoms with van der Waals surface area (Å²) in [5, 5.41) is 5.71. The van der Waals surface area contributed by atoms with Gasteiger partial charge in [0.15, 0.2) is 0 Å². The number of esters is 1. The zero-order valence-electron chi connectivity index (χ0n) is 29.7. The average Bonchev–Trinajstić information content (AvgIpc) is 3.39. The van der Waals surface area contributed by atoms with Gasteiger partial charge in [-0.15, -0.1) is 0 Å². The molecule has 1 amide bonds. The number of carbonyl (C=O) groups excluding carboxylic acids is 2. The molecule has 0 radical (unpaired) electrons. The highest BCUT2D eigenvalue weighted by molar-refractivity contribution is 7.53. The van der Waals surface area contributed by atoms with Crippen LogP contribution < -0.4 is 21.1 Å². The van der Waals surface area contributed by atoms with Gasteiger partial charge in [-0.05, 0) is 87.3 Å². The van der Waals surface area contributed by atoms with Crippen molar-refractivity contribution in [3.05, 3.63) is 64.3 Å². The van der Waals surface area contributed by atoms with Crippen LogP contribution in [0.1, 0.15) is 85.0 Å². The van der Waals surface area contributed by atoms with Gasteiger partial charge in [-0.25, -0.2) is 4.98 Å². The molecule has 2 aliphatic rings. The maximum Gasteiger partial charge on any atom is 0.421 e. The highest BCUT2D eigenvalue weighted by Crippen LogP contribution is 2.52. The lowest BCUT2D eigenvalue weighted by atomic mass is 9.80. The van der Waals surface area contributed by atoms with E-state index < -0.39 is 37.2 Å². The summed E-state index contributed by atoms with van der Waals surface area (Å²) in [7, 11) is -0.362. The number of nitrogens with zero attached hydrogens (tertiary/aromatic N) is 3. The minimum atomic E-state index is -4.82. The molecule has 52 heavy (non-hydrogen) atoms. The predicted molar refractivity (Wildman–Crippen MR) is 188 cm³/mol. The Hall–Kier alpha value is -4.24. The molecule has 0 spiro atoms. The molecule has 4 N–H and O–H groups in total. The molecule has 0 unspecified atom stereocenters. The molecule has 17 heteroatoms. The molecule has 5 rings (SSSR count). The fourth-order valence-corrected chi connectivity index (χ4v) is 8.19. The number of nitrogens with two attached hydrogens (primary N) is 1. The van der Waals surface area contributed by atoms with Crippen LogP contribution in [0.15, 0.2) is 36.5 Å². The van der Waals surface area contributed by atoms with Gasteiger partial charge < -0.3 is 39.8 Å². The van der Waals surface area contributed by atoms with Crippen LogP contribution in [0.4, 0.5) is 36.3 Å². The van der Waals surface area contributed by atoms with Crippen LogP contribution >= 0.6 is 7.60 Å². The number of aromatic nitrogens is 2. The zero-order valence-corrected chi connectivity index (χ0v) is 30.6. The zero-order chi connectivity index (χ0) is 37.8. The molecule has 2 heterocycles. The van der Waals surface area contributed by atoms with Gasteiger partial charge in [0.2, 0.25) is 5.95 Å². The lowest BCUT2D eigenvalue weighted by Gasteiger charge is -2.30. The van der Waals surface area contributed by atoms with Crippen molar-refractivity contribution in [1.29, 1.82) is 0 Å². The molecule has 1 fully saturated rings. The summed E-state index contributed by atoms with van der Waals surface area (Å²) in [5.41, 5.74) is 7.57. The fraction of sp³-hybridized carbons (Fsp3) is 0.486. The van der Waals surface area contributed by atoms with E-state index in [-0.39, 0.29) is 54.5 Å². The number of nitrogens with one attached hydrogen (secondary N) is 2. The molecule has 1 aliphatic carbocycles. The summed E-state index contributed by atoms with van der Waals surface area (Å²) in [6.07, 6.45) is -1.75. The van der Waals surface area contributed by atoms with Crippen LogP contribution in [-0.4, -0.2) is 66.3 Å². The number of fused-ring (bicyclic) bond motifs is 1. The number of amides is 1. The number of alkyl halides is 3. The van der Waals surface area contributed by atoms with Crippen LogP contribution in [-0.2, 0) is 42.0 Å². The molecule has 0 bridgehead atoms. The number of ether oxygens (including phenoxy) is 2. The number of halogens is 3. The SMILES string of the molecule is CCOP(=O)(Cc1ccc(Nc2ncc(C(F)(F)F)c(Nc3ccc([C@H]4CC[C@H](OC(=O)[C@H](C)N)CC4)c4c3C(=O)N(C)C4)n2)c(OC)c1)OCC. The number of carbonyl (C=O) groups is 2. The lowest BCUT2D eigenvalue weighted by Crippen LogP contribution is -2.33. The topological polar surface area (TPSA) is 167 Å². The highest BCUT2D eigenvalue weighted by Gasteiger charge is 2.38. The Bertz CT molecular complexity index is 1830. The maximum atomic E-state index is 14.3. The standard InChI is InChI=1S/C35H44F3N6O7P/c1-6-49-52(47,50-7-2)19-21-8-14-27(29(16-21)48-5)42-34-40-17-26(35(36,37)38)31(43-34)41-28-15-13-24(25-18-44(4)32(45)30(25)28)22-9-11-23(12-10-22)51-33(46)20(3)39/h8,13-17,20,22-23H,6-7,9-12,18-19,39H2,1-5H3,(H2,40,41,42,43)/t20-,22-,23-/m0/s1. The summed E-state index contributed by atoms with van der Waals surface area (Å²) in [5.74, 6) is -1.15. The lowest BCUT2D eigenvalue weighted by molar-refractivity contribution is -0.151. The third-order valence-electron chi connectivity index (χ3n) is 8.96. The number of hydrogen-bond acceptors (Lipinski definition) is 12. The Kier molecular flexibility index (Phi) is 12.1. The minimum absolute atomic E-state index is 0.0159. The molecular weight excluding hydrogens is 704 g/mol. The molecule has 1 aromatic heterocycles. The van der Waals surface area contributed by atoms with Gasteiger partial charge in [-0.2, -0.15) is 18.2 Å². The van der Waals surface area contributed by atoms with Gasteiger partial charge in [0, 0.05) is 19.8 Å². The van der Waals surface area contributed by atoms with Crippen molar-refractivity contribution in [2.75, 3.05) is 38.0 Å². The highest BCUT2D eigenvalue weighted by atomic mass is 31.2. The maximum absolute atomic E-state index is 14.3. The van der Waals surface area contributed by atoms with Crippen LogP contribution in [0.25, 0.3) is 0 Å². The normalized spacial score (nSPS) is 18.2. The van der Waals surface area contributed by atoms with E-state index in [0.717, 1.165) is 11.1 Å². The van der Waals surface area contributed by atoms with Crippen LogP contribution in [0, 0.1) is 0 Å². The van der Waals surface area contributed by atoms with Crippen molar-refractivity contribution in [3.63, 3.8) is 0 Å². The molecule has 1 atom stereocenters. The van der Waals surface area contributed by atoms with Crippen molar-refractivity contribution in [3.8, 4) is 5.75 Å². The number of benzene rings is 2. The summed E-state index contributed by atoms with van der Waals surface area (Å²) < 4.78 is 77.7. The number of anilines is 4. The summed E-state index contributed by atoms with van der Waals surface area (Å²) in [6, 6.07) is 7.60. The van der Waals surface area contributed by atoms with E-state index in [9.17, 15) is 27.3 Å². The van der Waals surface area contributed by atoms with Gasteiger partial charge in [-0.3, -0.25) is 14.2 Å². The first kappa shape index (κ1) is 39.0. The molecule has 282 valence electrons. The number of hydrogen-bond donors (Lipinski definition) is 3.